The Hall–Kier alpha value is -1.85. The molecule has 5 heteroatoms. The summed E-state index contributed by atoms with van der Waals surface area (Å²) in [6, 6.07) is 9.89. The Bertz CT molecular complexity index is 544. The fourth-order valence-corrected chi connectivity index (χ4v) is 2.75. The highest BCUT2D eigenvalue weighted by Crippen LogP contribution is 2.27. The van der Waals surface area contributed by atoms with E-state index in [9.17, 15) is 0 Å². The van der Waals surface area contributed by atoms with Crippen molar-refractivity contribution in [1.82, 2.24) is 14.9 Å². The lowest BCUT2D eigenvalue weighted by Crippen LogP contribution is -2.41. The van der Waals surface area contributed by atoms with Gasteiger partial charge in [-0.05, 0) is 18.6 Å². The molecule has 1 atom stereocenters. The van der Waals surface area contributed by atoms with Crippen LogP contribution in [0.1, 0.15) is 12.1 Å². The molecule has 1 aliphatic heterocycles. The molecule has 0 amide bonds. The van der Waals surface area contributed by atoms with E-state index in [2.05, 4.69) is 14.9 Å². The summed E-state index contributed by atoms with van der Waals surface area (Å²) in [5.41, 5.74) is 0.904. The smallest absolute Gasteiger partial charge is 0.119 e. The van der Waals surface area contributed by atoms with E-state index in [1.165, 1.54) is 0 Å². The lowest BCUT2D eigenvalue weighted by Gasteiger charge is -2.28. The maximum absolute atomic E-state index is 5.90. The Morgan fingerprint density at radius 2 is 2.19 bits per heavy atom. The van der Waals surface area contributed by atoms with Crippen LogP contribution in [0.5, 0.6) is 5.75 Å². The maximum Gasteiger partial charge on any atom is 0.119 e. The van der Waals surface area contributed by atoms with Crippen LogP contribution < -0.4 is 4.74 Å². The van der Waals surface area contributed by atoms with E-state index < -0.39 is 0 Å². The first-order chi connectivity index (χ1) is 10.3. The second-order valence-corrected chi connectivity index (χ2v) is 5.53. The molecule has 1 aromatic carbocycles. The van der Waals surface area contributed by atoms with Gasteiger partial charge in [0.1, 0.15) is 18.0 Å². The fourth-order valence-electron chi connectivity index (χ4n) is 2.75. The molecule has 0 spiro atoms. The molecule has 1 aromatic heterocycles. The van der Waals surface area contributed by atoms with Crippen molar-refractivity contribution < 1.29 is 9.47 Å². The quantitative estimate of drug-likeness (QED) is 0.884. The molecule has 0 radical (unpaired) electrons. The number of nitrogens with one attached hydrogen (secondary N) is 1. The Labute approximate surface area is 124 Å². The van der Waals surface area contributed by atoms with E-state index in [1.54, 1.807) is 13.4 Å². The number of hydrogen-bond donors (Lipinski definition) is 1. The third-order valence-corrected chi connectivity index (χ3v) is 4.02. The van der Waals surface area contributed by atoms with Crippen molar-refractivity contribution in [2.24, 2.45) is 0 Å². The fraction of sp³-hybridized carbons (Fsp3) is 0.438. The molecule has 1 N–H and O–H groups in total. The molecule has 0 bridgehead atoms. The number of ether oxygens (including phenoxy) is 2. The minimum atomic E-state index is -0.226. The lowest BCUT2D eigenvalue weighted by atomic mass is 10.0. The van der Waals surface area contributed by atoms with Gasteiger partial charge in [-0.25, -0.2) is 4.98 Å². The van der Waals surface area contributed by atoms with Gasteiger partial charge < -0.3 is 14.5 Å². The summed E-state index contributed by atoms with van der Waals surface area (Å²) < 4.78 is 11.7. The molecule has 21 heavy (non-hydrogen) atoms. The van der Waals surface area contributed by atoms with Gasteiger partial charge in [0.15, 0.2) is 0 Å². The number of para-hydroxylation sites is 1. The van der Waals surface area contributed by atoms with Crippen LogP contribution in [-0.2, 0) is 11.3 Å². The van der Waals surface area contributed by atoms with Gasteiger partial charge in [0.05, 0.1) is 6.33 Å². The van der Waals surface area contributed by atoms with E-state index in [-0.39, 0.29) is 5.60 Å². The van der Waals surface area contributed by atoms with Gasteiger partial charge in [-0.2, -0.15) is 0 Å². The van der Waals surface area contributed by atoms with Crippen molar-refractivity contribution in [2.75, 3.05) is 26.8 Å². The van der Waals surface area contributed by atoms with Crippen LogP contribution in [0.25, 0.3) is 0 Å². The molecule has 2 aromatic rings. The zero-order chi connectivity index (χ0) is 14.5. The number of likely N-dealkylation sites (tertiary alicyclic amines) is 1. The molecule has 1 aliphatic rings. The van der Waals surface area contributed by atoms with E-state index in [0.717, 1.165) is 37.5 Å². The molecule has 0 aliphatic carbocycles. The van der Waals surface area contributed by atoms with Crippen molar-refractivity contribution in [1.29, 1.82) is 0 Å². The van der Waals surface area contributed by atoms with Crippen LogP contribution in [0.3, 0.4) is 0 Å². The number of H-pyrrole nitrogens is 1. The molecule has 5 nitrogen and oxygen atoms in total. The largest absolute Gasteiger partial charge is 0.491 e. The highest BCUT2D eigenvalue weighted by atomic mass is 16.5. The molecular formula is C16H21N3O2. The number of rotatable bonds is 6. The number of methoxy groups -OCH3 is 1. The molecule has 1 unspecified atom stereocenters. The molecule has 0 saturated carbocycles. The first-order valence-electron chi connectivity index (χ1n) is 7.22. The second-order valence-electron chi connectivity index (χ2n) is 5.53. The summed E-state index contributed by atoms with van der Waals surface area (Å²) >= 11 is 0. The minimum Gasteiger partial charge on any atom is -0.491 e. The van der Waals surface area contributed by atoms with Crippen molar-refractivity contribution in [3.8, 4) is 5.75 Å². The molecule has 112 valence electrons. The Morgan fingerprint density at radius 3 is 2.90 bits per heavy atom. The van der Waals surface area contributed by atoms with E-state index in [1.807, 2.05) is 36.5 Å². The average molecular weight is 287 g/mol. The van der Waals surface area contributed by atoms with Gasteiger partial charge in [-0.1, -0.05) is 18.2 Å². The summed E-state index contributed by atoms with van der Waals surface area (Å²) in [4.78, 5) is 9.57. The first kappa shape index (κ1) is 14.1. The number of nitrogens with zero attached hydrogens (tertiary/aromatic N) is 2. The predicted octanol–water partition coefficient (Wildman–Crippen LogP) is 2.08. The predicted molar refractivity (Wildman–Crippen MR) is 80.2 cm³/mol. The van der Waals surface area contributed by atoms with E-state index in [0.29, 0.717) is 6.61 Å². The van der Waals surface area contributed by atoms with E-state index in [4.69, 9.17) is 9.47 Å². The molecule has 1 saturated heterocycles. The average Bonchev–Trinajstić information content (AvgIpc) is 3.17. The van der Waals surface area contributed by atoms with E-state index >= 15 is 0 Å². The highest BCUT2D eigenvalue weighted by Gasteiger charge is 2.39. The second kappa shape index (κ2) is 6.28. The van der Waals surface area contributed by atoms with Gasteiger partial charge in [0.2, 0.25) is 0 Å². The van der Waals surface area contributed by atoms with Gasteiger partial charge in [-0.15, -0.1) is 0 Å². The number of aromatic amines is 1. The summed E-state index contributed by atoms with van der Waals surface area (Å²) in [6.45, 7) is 3.32. The third-order valence-electron chi connectivity index (χ3n) is 4.02. The highest BCUT2D eigenvalue weighted by molar-refractivity contribution is 5.21. The molecule has 2 heterocycles. The topological polar surface area (TPSA) is 50.4 Å². The van der Waals surface area contributed by atoms with Crippen molar-refractivity contribution in [3.63, 3.8) is 0 Å². The number of hydrogen-bond acceptors (Lipinski definition) is 4. The van der Waals surface area contributed by atoms with Crippen molar-refractivity contribution >= 4 is 0 Å². The molecule has 1 fully saturated rings. The molecule has 3 rings (SSSR count). The monoisotopic (exact) mass is 287 g/mol. The Kier molecular flexibility index (Phi) is 4.22. The standard InChI is InChI=1S/C16H21N3O2/c1-20-16(12-21-15-5-3-2-4-6-15)7-8-19(11-16)10-14-9-17-13-18-14/h2-6,9,13H,7-8,10-12H2,1H3,(H,17,18). The van der Waals surface area contributed by atoms with Crippen molar-refractivity contribution in [3.05, 3.63) is 48.5 Å². The summed E-state index contributed by atoms with van der Waals surface area (Å²) in [5.74, 6) is 0.890. The number of aromatic nitrogens is 2. The zero-order valence-electron chi connectivity index (χ0n) is 12.3. The Morgan fingerprint density at radius 1 is 1.33 bits per heavy atom. The first-order valence-corrected chi connectivity index (χ1v) is 7.22. The zero-order valence-corrected chi connectivity index (χ0v) is 12.3. The summed E-state index contributed by atoms with van der Waals surface area (Å²) in [6.07, 6.45) is 4.56. The van der Waals surface area contributed by atoms with Crippen LogP contribution in [0.15, 0.2) is 42.9 Å². The summed E-state index contributed by atoms with van der Waals surface area (Å²) in [7, 11) is 1.77. The Balaban J connectivity index is 1.57. The van der Waals surface area contributed by atoms with Gasteiger partial charge in [0.25, 0.3) is 0 Å². The van der Waals surface area contributed by atoms with Crippen molar-refractivity contribution in [2.45, 2.75) is 18.6 Å². The van der Waals surface area contributed by atoms with Gasteiger partial charge >= 0.3 is 0 Å². The van der Waals surface area contributed by atoms with Gasteiger partial charge in [-0.3, -0.25) is 4.90 Å². The van der Waals surface area contributed by atoms with Crippen LogP contribution in [0.2, 0.25) is 0 Å². The van der Waals surface area contributed by atoms with Crippen LogP contribution in [0, 0.1) is 0 Å². The normalized spacial score (nSPS) is 22.5. The van der Waals surface area contributed by atoms with Gasteiger partial charge in [0, 0.05) is 38.6 Å². The third kappa shape index (κ3) is 3.43. The maximum atomic E-state index is 5.90. The lowest BCUT2D eigenvalue weighted by molar-refractivity contribution is -0.0359. The van der Waals surface area contributed by atoms with Crippen LogP contribution >= 0.6 is 0 Å². The number of imidazole rings is 1. The summed E-state index contributed by atoms with van der Waals surface area (Å²) in [5, 5.41) is 0. The number of benzene rings is 1. The van der Waals surface area contributed by atoms with Crippen LogP contribution in [0.4, 0.5) is 0 Å². The van der Waals surface area contributed by atoms with Crippen LogP contribution in [-0.4, -0.2) is 47.3 Å². The molecular weight excluding hydrogens is 266 g/mol. The minimum absolute atomic E-state index is 0.226. The SMILES string of the molecule is COC1(COc2ccccc2)CCN(Cc2cnc[nH]2)C1.